The van der Waals surface area contributed by atoms with E-state index in [2.05, 4.69) is 49.3 Å². The first-order valence-electron chi connectivity index (χ1n) is 9.31. The second-order valence-corrected chi connectivity index (χ2v) is 7.42. The number of nitrogens with one attached hydrogen (secondary N) is 1. The van der Waals surface area contributed by atoms with Crippen molar-refractivity contribution in [2.45, 2.75) is 27.2 Å². The summed E-state index contributed by atoms with van der Waals surface area (Å²) in [5, 5.41) is 5.39. The molecular formula is C23H24N2O2S. The number of para-hydroxylation sites is 1. The monoisotopic (exact) mass is 392 g/mol. The van der Waals surface area contributed by atoms with E-state index >= 15 is 0 Å². The van der Waals surface area contributed by atoms with Gasteiger partial charge in [0.25, 0.3) is 0 Å². The van der Waals surface area contributed by atoms with E-state index < -0.39 is 0 Å². The van der Waals surface area contributed by atoms with Crippen molar-refractivity contribution in [1.82, 2.24) is 4.98 Å². The van der Waals surface area contributed by atoms with E-state index in [0.29, 0.717) is 11.7 Å². The molecule has 0 aliphatic carbocycles. The Balaban J connectivity index is 1.69. The van der Waals surface area contributed by atoms with Gasteiger partial charge in [0.2, 0.25) is 5.91 Å². The highest BCUT2D eigenvalue weighted by molar-refractivity contribution is 7.14. The van der Waals surface area contributed by atoms with E-state index in [4.69, 9.17) is 4.74 Å². The lowest BCUT2D eigenvalue weighted by Crippen LogP contribution is -2.07. The predicted molar refractivity (Wildman–Crippen MR) is 117 cm³/mol. The number of benzene rings is 2. The van der Waals surface area contributed by atoms with Crippen LogP contribution in [0, 0.1) is 13.8 Å². The number of hydrogen-bond donors (Lipinski definition) is 1. The van der Waals surface area contributed by atoms with Gasteiger partial charge in [-0.1, -0.05) is 42.8 Å². The molecule has 3 rings (SSSR count). The molecule has 0 radical (unpaired) electrons. The Hall–Kier alpha value is -2.92. The summed E-state index contributed by atoms with van der Waals surface area (Å²) in [6, 6.07) is 14.0. The third-order valence-corrected chi connectivity index (χ3v) is 4.96. The molecule has 0 aliphatic heterocycles. The van der Waals surface area contributed by atoms with Gasteiger partial charge in [-0.2, -0.15) is 0 Å². The first-order valence-corrected chi connectivity index (χ1v) is 10.2. The summed E-state index contributed by atoms with van der Waals surface area (Å²) in [6.45, 7) is 6.84. The third kappa shape index (κ3) is 5.08. The van der Waals surface area contributed by atoms with E-state index in [1.54, 1.807) is 6.08 Å². The van der Waals surface area contributed by atoms with Crippen LogP contribution >= 0.6 is 11.3 Å². The quantitative estimate of drug-likeness (QED) is 0.512. The molecule has 1 N–H and O–H groups in total. The van der Waals surface area contributed by atoms with Gasteiger partial charge in [-0.15, -0.1) is 11.3 Å². The zero-order chi connectivity index (χ0) is 19.9. The van der Waals surface area contributed by atoms with Crippen LogP contribution in [0.15, 0.2) is 53.9 Å². The molecule has 0 saturated carbocycles. The van der Waals surface area contributed by atoms with Gasteiger partial charge in [-0.3, -0.25) is 10.1 Å². The van der Waals surface area contributed by atoms with E-state index in [-0.39, 0.29) is 5.91 Å². The molecule has 0 bridgehead atoms. The Morgan fingerprint density at radius 3 is 2.86 bits per heavy atom. The maximum Gasteiger partial charge on any atom is 0.250 e. The van der Waals surface area contributed by atoms with E-state index in [9.17, 15) is 4.79 Å². The molecule has 0 spiro atoms. The second-order valence-electron chi connectivity index (χ2n) is 6.57. The zero-order valence-electron chi connectivity index (χ0n) is 16.4. The van der Waals surface area contributed by atoms with Crippen LogP contribution in [0.4, 0.5) is 5.13 Å². The van der Waals surface area contributed by atoms with Gasteiger partial charge in [0.05, 0.1) is 12.3 Å². The molecule has 0 saturated heterocycles. The fraction of sp³-hybridized carbons (Fsp3) is 0.217. The zero-order valence-corrected chi connectivity index (χ0v) is 17.2. The van der Waals surface area contributed by atoms with E-state index in [0.717, 1.165) is 34.6 Å². The minimum absolute atomic E-state index is 0.216. The fourth-order valence-electron chi connectivity index (χ4n) is 2.74. The normalized spacial score (nSPS) is 11.0. The number of aryl methyl sites for hydroxylation is 2. The van der Waals surface area contributed by atoms with Crippen LogP contribution in [-0.2, 0) is 4.79 Å². The van der Waals surface area contributed by atoms with Crippen LogP contribution in [0.3, 0.4) is 0 Å². The molecule has 4 nitrogen and oxygen atoms in total. The average molecular weight is 393 g/mol. The predicted octanol–water partition coefficient (Wildman–Crippen LogP) is 5.87. The molecule has 5 heteroatoms. The minimum Gasteiger partial charge on any atom is -0.493 e. The lowest BCUT2D eigenvalue weighted by atomic mass is 10.0. The fourth-order valence-corrected chi connectivity index (χ4v) is 3.45. The third-order valence-electron chi connectivity index (χ3n) is 4.20. The van der Waals surface area contributed by atoms with Crippen molar-refractivity contribution >= 4 is 28.5 Å². The highest BCUT2D eigenvalue weighted by Gasteiger charge is 2.09. The molecule has 1 amide bonds. The molecule has 0 fully saturated rings. The summed E-state index contributed by atoms with van der Waals surface area (Å²) in [5.41, 5.74) is 5.20. The van der Waals surface area contributed by atoms with Gasteiger partial charge >= 0.3 is 0 Å². The Morgan fingerprint density at radius 2 is 2.04 bits per heavy atom. The Bertz CT molecular complexity index is 992. The van der Waals surface area contributed by atoms with Crippen molar-refractivity contribution in [3.8, 4) is 17.0 Å². The molecule has 2 aromatic carbocycles. The molecule has 3 aromatic rings. The number of amides is 1. The van der Waals surface area contributed by atoms with Crippen molar-refractivity contribution in [3.63, 3.8) is 0 Å². The first kappa shape index (κ1) is 19.8. The van der Waals surface area contributed by atoms with Gasteiger partial charge < -0.3 is 4.74 Å². The number of ether oxygens (including phenoxy) is 1. The van der Waals surface area contributed by atoms with Crippen molar-refractivity contribution in [3.05, 3.63) is 70.6 Å². The molecule has 28 heavy (non-hydrogen) atoms. The summed E-state index contributed by atoms with van der Waals surface area (Å²) in [5.74, 6) is 0.562. The topological polar surface area (TPSA) is 51.2 Å². The SMILES string of the molecule is CCCOc1ccccc1/C=C/C(=O)Nc1nc(-c2cc(C)ccc2C)cs1. The van der Waals surface area contributed by atoms with Crippen molar-refractivity contribution < 1.29 is 9.53 Å². The molecule has 144 valence electrons. The molecule has 1 heterocycles. The largest absolute Gasteiger partial charge is 0.493 e. The molecular weight excluding hydrogens is 368 g/mol. The number of hydrogen-bond acceptors (Lipinski definition) is 4. The van der Waals surface area contributed by atoms with Gasteiger partial charge in [0, 0.05) is 22.6 Å². The Labute approximate surface area is 169 Å². The highest BCUT2D eigenvalue weighted by atomic mass is 32.1. The second kappa shape index (κ2) is 9.33. The number of nitrogens with zero attached hydrogens (tertiary/aromatic N) is 1. The van der Waals surface area contributed by atoms with Crippen LogP contribution in [0.2, 0.25) is 0 Å². The minimum atomic E-state index is -0.216. The van der Waals surface area contributed by atoms with Crippen LogP contribution in [-0.4, -0.2) is 17.5 Å². The summed E-state index contributed by atoms with van der Waals surface area (Å²) in [4.78, 5) is 16.9. The van der Waals surface area contributed by atoms with Gasteiger partial charge in [0.1, 0.15) is 5.75 Å². The van der Waals surface area contributed by atoms with Crippen LogP contribution in [0.1, 0.15) is 30.0 Å². The number of anilines is 1. The molecule has 0 unspecified atom stereocenters. The number of aromatic nitrogens is 1. The number of thiazole rings is 1. The summed E-state index contributed by atoms with van der Waals surface area (Å²) in [6.07, 6.45) is 4.21. The van der Waals surface area contributed by atoms with E-state index in [1.807, 2.05) is 29.6 Å². The van der Waals surface area contributed by atoms with Crippen molar-refractivity contribution in [2.24, 2.45) is 0 Å². The standard InChI is InChI=1S/C23H24N2O2S/c1-4-13-27-21-8-6-5-7-18(21)11-12-22(26)25-23-24-20(15-28-23)19-14-16(2)9-10-17(19)3/h5-12,14-15H,4,13H2,1-3H3,(H,24,25,26)/b12-11+. The van der Waals surface area contributed by atoms with Crippen molar-refractivity contribution in [1.29, 1.82) is 0 Å². The molecule has 0 aliphatic rings. The lowest BCUT2D eigenvalue weighted by molar-refractivity contribution is -0.111. The maximum atomic E-state index is 12.3. The number of carbonyl (C=O) groups is 1. The summed E-state index contributed by atoms with van der Waals surface area (Å²) >= 11 is 1.42. The van der Waals surface area contributed by atoms with Crippen molar-refractivity contribution in [2.75, 3.05) is 11.9 Å². The Kier molecular flexibility index (Phi) is 6.61. The van der Waals surface area contributed by atoms with Gasteiger partial charge in [0.15, 0.2) is 5.13 Å². The van der Waals surface area contributed by atoms with Gasteiger partial charge in [-0.05, 0) is 44.0 Å². The summed E-state index contributed by atoms with van der Waals surface area (Å²) < 4.78 is 5.72. The summed E-state index contributed by atoms with van der Waals surface area (Å²) in [7, 11) is 0. The smallest absolute Gasteiger partial charge is 0.250 e. The van der Waals surface area contributed by atoms with E-state index in [1.165, 1.54) is 23.0 Å². The van der Waals surface area contributed by atoms with Crippen LogP contribution in [0.5, 0.6) is 5.75 Å². The number of carbonyl (C=O) groups excluding carboxylic acids is 1. The average Bonchev–Trinajstić information content (AvgIpc) is 3.15. The van der Waals surface area contributed by atoms with Gasteiger partial charge in [-0.25, -0.2) is 4.98 Å². The molecule has 0 atom stereocenters. The lowest BCUT2D eigenvalue weighted by Gasteiger charge is -2.07. The highest BCUT2D eigenvalue weighted by Crippen LogP contribution is 2.28. The maximum absolute atomic E-state index is 12.3. The molecule has 1 aromatic heterocycles. The van der Waals surface area contributed by atoms with Crippen LogP contribution < -0.4 is 10.1 Å². The first-order chi connectivity index (χ1) is 13.6. The Morgan fingerprint density at radius 1 is 1.21 bits per heavy atom. The van der Waals surface area contributed by atoms with Crippen LogP contribution in [0.25, 0.3) is 17.3 Å². The number of rotatable bonds is 7.